The summed E-state index contributed by atoms with van der Waals surface area (Å²) in [5.41, 5.74) is 0.134. The quantitative estimate of drug-likeness (QED) is 0.872. The molecular formula is C13H14F2N2O3. The van der Waals surface area contributed by atoms with Gasteiger partial charge in [0.15, 0.2) is 11.6 Å². The molecule has 0 unspecified atom stereocenters. The zero-order valence-electron chi connectivity index (χ0n) is 10.6. The molecule has 1 fully saturated rings. The van der Waals surface area contributed by atoms with Crippen molar-refractivity contribution >= 4 is 17.7 Å². The molecule has 1 aliphatic carbocycles. The number of benzene rings is 1. The van der Waals surface area contributed by atoms with Gasteiger partial charge < -0.3 is 15.3 Å². The number of carbonyl (C=O) groups is 2. The van der Waals surface area contributed by atoms with Gasteiger partial charge in [-0.05, 0) is 25.0 Å². The Balaban J connectivity index is 2.00. The fourth-order valence-corrected chi connectivity index (χ4v) is 1.82. The summed E-state index contributed by atoms with van der Waals surface area (Å²) in [5, 5.41) is 11.1. The van der Waals surface area contributed by atoms with Crippen molar-refractivity contribution in [3.8, 4) is 0 Å². The van der Waals surface area contributed by atoms with Gasteiger partial charge in [-0.2, -0.15) is 0 Å². The molecule has 20 heavy (non-hydrogen) atoms. The van der Waals surface area contributed by atoms with E-state index in [0.29, 0.717) is 0 Å². The molecule has 108 valence electrons. The number of hydrogen-bond donors (Lipinski definition) is 2. The summed E-state index contributed by atoms with van der Waals surface area (Å²) in [5.74, 6) is -3.03. The number of hydrogen-bond acceptors (Lipinski definition) is 2. The van der Waals surface area contributed by atoms with Crippen molar-refractivity contribution in [3.63, 3.8) is 0 Å². The first-order valence-corrected chi connectivity index (χ1v) is 6.22. The molecule has 7 heteroatoms. The molecule has 1 aromatic carbocycles. The number of amides is 2. The van der Waals surface area contributed by atoms with Crippen LogP contribution in [0.15, 0.2) is 18.2 Å². The summed E-state index contributed by atoms with van der Waals surface area (Å²) in [6.45, 7) is 0.0928. The minimum absolute atomic E-state index is 0.0274. The highest BCUT2D eigenvalue weighted by atomic mass is 19.2. The maximum Gasteiger partial charge on any atom is 0.322 e. The molecule has 0 aliphatic heterocycles. The van der Waals surface area contributed by atoms with Crippen LogP contribution < -0.4 is 5.32 Å². The summed E-state index contributed by atoms with van der Waals surface area (Å²) in [7, 11) is 0. The van der Waals surface area contributed by atoms with Crippen molar-refractivity contribution in [2.75, 3.05) is 11.9 Å². The number of nitrogens with zero attached hydrogens (tertiary/aromatic N) is 1. The third-order valence-electron chi connectivity index (χ3n) is 2.99. The molecule has 0 spiro atoms. The molecule has 2 amide bonds. The Hall–Kier alpha value is -2.18. The zero-order chi connectivity index (χ0) is 14.7. The van der Waals surface area contributed by atoms with E-state index in [0.717, 1.165) is 25.0 Å². The first kappa shape index (κ1) is 14.2. The van der Waals surface area contributed by atoms with Gasteiger partial charge in [-0.25, -0.2) is 13.6 Å². The van der Waals surface area contributed by atoms with Gasteiger partial charge in [-0.1, -0.05) is 0 Å². The second-order valence-corrected chi connectivity index (χ2v) is 4.63. The van der Waals surface area contributed by atoms with Gasteiger partial charge in [0, 0.05) is 24.3 Å². The average molecular weight is 284 g/mol. The first-order chi connectivity index (χ1) is 9.47. The third kappa shape index (κ3) is 3.66. The summed E-state index contributed by atoms with van der Waals surface area (Å²) >= 11 is 0. The number of carbonyl (C=O) groups excluding carboxylic acids is 1. The highest BCUT2D eigenvalue weighted by Crippen LogP contribution is 2.27. The molecule has 5 nitrogen and oxygen atoms in total. The average Bonchev–Trinajstić information content (AvgIpc) is 3.18. The number of halogens is 2. The Bertz CT molecular complexity index is 532. The van der Waals surface area contributed by atoms with Crippen LogP contribution in [0.3, 0.4) is 0 Å². The van der Waals surface area contributed by atoms with E-state index in [1.54, 1.807) is 0 Å². The van der Waals surface area contributed by atoms with Gasteiger partial charge in [0.2, 0.25) is 0 Å². The highest BCUT2D eigenvalue weighted by molar-refractivity contribution is 5.90. The molecule has 2 rings (SSSR count). The molecule has 2 N–H and O–H groups in total. The molecule has 0 atom stereocenters. The van der Waals surface area contributed by atoms with E-state index < -0.39 is 23.6 Å². The number of nitrogens with one attached hydrogen (secondary N) is 1. The second-order valence-electron chi connectivity index (χ2n) is 4.63. The van der Waals surface area contributed by atoms with Crippen molar-refractivity contribution < 1.29 is 23.5 Å². The standard InChI is InChI=1S/C13H14F2N2O3/c14-10-4-1-8(7-11(10)15)16-13(20)17(9-2-3-9)6-5-12(18)19/h1,4,7,9H,2-3,5-6H2,(H,16,20)(H,18,19). The minimum atomic E-state index is -1.05. The number of rotatable bonds is 5. The Labute approximate surface area is 114 Å². The SMILES string of the molecule is O=C(O)CCN(C(=O)Nc1ccc(F)c(F)c1)C1CC1. The Morgan fingerprint density at radius 1 is 1.30 bits per heavy atom. The van der Waals surface area contributed by atoms with Gasteiger partial charge >= 0.3 is 12.0 Å². The fourth-order valence-electron chi connectivity index (χ4n) is 1.82. The van der Waals surface area contributed by atoms with E-state index in [1.807, 2.05) is 0 Å². The van der Waals surface area contributed by atoms with Crippen LogP contribution in [0.25, 0.3) is 0 Å². The maximum atomic E-state index is 13.0. The molecular weight excluding hydrogens is 270 g/mol. The molecule has 1 aromatic rings. The van der Waals surface area contributed by atoms with Gasteiger partial charge in [0.1, 0.15) is 0 Å². The van der Waals surface area contributed by atoms with Crippen LogP contribution in [0.1, 0.15) is 19.3 Å². The van der Waals surface area contributed by atoms with Crippen molar-refractivity contribution in [3.05, 3.63) is 29.8 Å². The Morgan fingerprint density at radius 2 is 2.00 bits per heavy atom. The fraction of sp³-hybridized carbons (Fsp3) is 0.385. The van der Waals surface area contributed by atoms with Gasteiger partial charge in [0.25, 0.3) is 0 Å². The van der Waals surface area contributed by atoms with Crippen molar-refractivity contribution in [1.82, 2.24) is 4.90 Å². The largest absolute Gasteiger partial charge is 0.481 e. The molecule has 0 radical (unpaired) electrons. The van der Waals surface area contributed by atoms with Gasteiger partial charge in [-0.15, -0.1) is 0 Å². The van der Waals surface area contributed by atoms with Crippen LogP contribution in [0, 0.1) is 11.6 Å². The number of anilines is 1. The van der Waals surface area contributed by atoms with E-state index in [1.165, 1.54) is 11.0 Å². The van der Waals surface area contributed by atoms with Crippen LogP contribution in [-0.4, -0.2) is 34.6 Å². The van der Waals surface area contributed by atoms with Crippen LogP contribution in [-0.2, 0) is 4.79 Å². The summed E-state index contributed by atoms with van der Waals surface area (Å²) in [6, 6.07) is 2.58. The van der Waals surface area contributed by atoms with Crippen LogP contribution in [0.5, 0.6) is 0 Å². The van der Waals surface area contributed by atoms with E-state index in [-0.39, 0.29) is 24.7 Å². The first-order valence-electron chi connectivity index (χ1n) is 6.22. The predicted octanol–water partition coefficient (Wildman–Crippen LogP) is 2.44. The predicted molar refractivity (Wildman–Crippen MR) is 67.4 cm³/mol. The Morgan fingerprint density at radius 3 is 2.55 bits per heavy atom. The minimum Gasteiger partial charge on any atom is -0.481 e. The lowest BCUT2D eigenvalue weighted by molar-refractivity contribution is -0.137. The van der Waals surface area contributed by atoms with E-state index in [4.69, 9.17) is 5.11 Å². The van der Waals surface area contributed by atoms with Gasteiger partial charge in [0.05, 0.1) is 6.42 Å². The topological polar surface area (TPSA) is 69.6 Å². The number of urea groups is 1. The second kappa shape index (κ2) is 5.85. The van der Waals surface area contributed by atoms with E-state index in [2.05, 4.69) is 5.32 Å². The highest BCUT2D eigenvalue weighted by Gasteiger charge is 2.32. The zero-order valence-corrected chi connectivity index (χ0v) is 10.6. The summed E-state index contributed by atoms with van der Waals surface area (Å²) in [6.07, 6.45) is 1.50. The van der Waals surface area contributed by atoms with Crippen LogP contribution in [0.2, 0.25) is 0 Å². The number of carboxylic acid groups (broad SMARTS) is 1. The van der Waals surface area contributed by atoms with Crippen molar-refractivity contribution in [1.29, 1.82) is 0 Å². The lowest BCUT2D eigenvalue weighted by Crippen LogP contribution is -2.38. The molecule has 0 heterocycles. The Kier molecular flexibility index (Phi) is 4.16. The number of carboxylic acids is 1. The molecule has 1 aliphatic rings. The summed E-state index contributed by atoms with van der Waals surface area (Å²) in [4.78, 5) is 24.0. The summed E-state index contributed by atoms with van der Waals surface area (Å²) < 4.78 is 25.8. The number of aliphatic carboxylic acids is 1. The van der Waals surface area contributed by atoms with E-state index in [9.17, 15) is 18.4 Å². The lowest BCUT2D eigenvalue weighted by atomic mass is 10.3. The van der Waals surface area contributed by atoms with Crippen molar-refractivity contribution in [2.45, 2.75) is 25.3 Å². The van der Waals surface area contributed by atoms with E-state index >= 15 is 0 Å². The van der Waals surface area contributed by atoms with Crippen LogP contribution >= 0.6 is 0 Å². The molecule has 0 saturated heterocycles. The van der Waals surface area contributed by atoms with Crippen molar-refractivity contribution in [2.24, 2.45) is 0 Å². The monoisotopic (exact) mass is 284 g/mol. The maximum absolute atomic E-state index is 13.0. The van der Waals surface area contributed by atoms with Gasteiger partial charge in [-0.3, -0.25) is 4.79 Å². The third-order valence-corrected chi connectivity index (χ3v) is 2.99. The van der Waals surface area contributed by atoms with Crippen LogP contribution in [0.4, 0.5) is 19.3 Å². The molecule has 0 bridgehead atoms. The smallest absolute Gasteiger partial charge is 0.322 e. The molecule has 0 aromatic heterocycles. The molecule has 1 saturated carbocycles. The normalized spacial score (nSPS) is 13.9. The lowest BCUT2D eigenvalue weighted by Gasteiger charge is -2.22.